The molecule has 0 aromatic carbocycles. The van der Waals surface area contributed by atoms with Crippen molar-refractivity contribution in [1.82, 2.24) is 14.7 Å². The number of rotatable bonds is 3. The normalized spacial score (nSPS) is 26.5. The van der Waals surface area contributed by atoms with Crippen molar-refractivity contribution in [2.45, 2.75) is 64.7 Å². The van der Waals surface area contributed by atoms with Gasteiger partial charge in [0.25, 0.3) is 5.91 Å². The molecule has 6 heteroatoms. The van der Waals surface area contributed by atoms with Gasteiger partial charge >= 0.3 is 0 Å². The highest BCUT2D eigenvalue weighted by atomic mass is 16.5. The van der Waals surface area contributed by atoms with Crippen molar-refractivity contribution in [2.24, 2.45) is 5.41 Å². The van der Waals surface area contributed by atoms with E-state index < -0.39 is 0 Å². The van der Waals surface area contributed by atoms with E-state index in [0.717, 1.165) is 19.3 Å². The molecule has 2 aliphatic rings. The number of carbonyl (C=O) groups excluding carboxylic acids is 1. The predicted octanol–water partition coefficient (Wildman–Crippen LogP) is 2.03. The summed E-state index contributed by atoms with van der Waals surface area (Å²) in [6, 6.07) is 0. The lowest BCUT2D eigenvalue weighted by molar-refractivity contribution is -0.207. The van der Waals surface area contributed by atoms with Crippen molar-refractivity contribution >= 4 is 5.91 Å². The van der Waals surface area contributed by atoms with Gasteiger partial charge in [0.05, 0.1) is 29.5 Å². The minimum Gasteiger partial charge on any atom is -0.392 e. The molecule has 1 saturated heterocycles. The third kappa shape index (κ3) is 2.86. The van der Waals surface area contributed by atoms with Crippen LogP contribution in [0.3, 0.4) is 0 Å². The Morgan fingerprint density at radius 1 is 1.42 bits per heavy atom. The third-order valence-corrected chi connectivity index (χ3v) is 5.61. The average Bonchev–Trinajstić information content (AvgIpc) is 3.04. The molecule has 1 aliphatic heterocycles. The van der Waals surface area contributed by atoms with Gasteiger partial charge in [0.1, 0.15) is 0 Å². The fourth-order valence-electron chi connectivity index (χ4n) is 3.93. The lowest BCUT2D eigenvalue weighted by Crippen LogP contribution is -2.62. The van der Waals surface area contributed by atoms with Gasteiger partial charge in [-0.15, -0.1) is 0 Å². The highest BCUT2D eigenvalue weighted by Gasteiger charge is 2.56. The van der Waals surface area contributed by atoms with Crippen molar-refractivity contribution in [1.29, 1.82) is 0 Å². The fraction of sp³-hybridized carbons (Fsp3) is 0.778. The van der Waals surface area contributed by atoms with E-state index in [4.69, 9.17) is 4.74 Å². The monoisotopic (exact) mass is 335 g/mol. The SMILES string of the molecule is CCO[C@@H]1C[C@H](O)C12CCN(C(=O)c1cnn(C(C)(C)C)c1)CC2. The second-order valence-electron chi connectivity index (χ2n) is 8.07. The molecule has 1 aromatic heterocycles. The Labute approximate surface area is 143 Å². The summed E-state index contributed by atoms with van der Waals surface area (Å²) >= 11 is 0. The number of aliphatic hydroxyl groups is 1. The second kappa shape index (κ2) is 6.15. The van der Waals surface area contributed by atoms with Gasteiger partial charge in [0, 0.05) is 37.7 Å². The summed E-state index contributed by atoms with van der Waals surface area (Å²) in [6.45, 7) is 10.2. The van der Waals surface area contributed by atoms with Crippen molar-refractivity contribution < 1.29 is 14.6 Å². The van der Waals surface area contributed by atoms with Gasteiger partial charge in [-0.1, -0.05) is 0 Å². The van der Waals surface area contributed by atoms with Gasteiger partial charge < -0.3 is 14.7 Å². The number of likely N-dealkylation sites (tertiary alicyclic amines) is 1. The van der Waals surface area contributed by atoms with Crippen LogP contribution in [0, 0.1) is 5.41 Å². The summed E-state index contributed by atoms with van der Waals surface area (Å²) in [6.07, 6.45) is 5.65. The van der Waals surface area contributed by atoms with E-state index in [1.165, 1.54) is 0 Å². The van der Waals surface area contributed by atoms with Gasteiger partial charge in [-0.25, -0.2) is 0 Å². The number of hydrogen-bond donors (Lipinski definition) is 1. The van der Waals surface area contributed by atoms with Gasteiger partial charge in [0.15, 0.2) is 0 Å². The fourth-order valence-corrected chi connectivity index (χ4v) is 3.93. The maximum Gasteiger partial charge on any atom is 0.257 e. The number of carbonyl (C=O) groups is 1. The van der Waals surface area contributed by atoms with Gasteiger partial charge in [0.2, 0.25) is 0 Å². The Bertz CT molecular complexity index is 595. The van der Waals surface area contributed by atoms with E-state index in [1.54, 1.807) is 6.20 Å². The van der Waals surface area contributed by atoms with Crippen LogP contribution < -0.4 is 0 Å². The van der Waals surface area contributed by atoms with Gasteiger partial charge in [-0.3, -0.25) is 9.48 Å². The molecule has 1 saturated carbocycles. The predicted molar refractivity (Wildman–Crippen MR) is 90.8 cm³/mol. The molecule has 2 fully saturated rings. The van der Waals surface area contributed by atoms with Crippen molar-refractivity contribution in [3.8, 4) is 0 Å². The minimum absolute atomic E-state index is 0.0297. The molecule has 1 aromatic rings. The summed E-state index contributed by atoms with van der Waals surface area (Å²) in [7, 11) is 0. The number of aromatic nitrogens is 2. The standard InChI is InChI=1S/C18H29N3O3/c1-5-24-15-10-14(22)18(15)6-8-20(9-7-18)16(23)13-11-19-21(12-13)17(2,3)4/h11-12,14-15,22H,5-10H2,1-4H3/t14-,15+/m0/s1. The molecular formula is C18H29N3O3. The summed E-state index contributed by atoms with van der Waals surface area (Å²) < 4.78 is 7.61. The number of aliphatic hydroxyl groups excluding tert-OH is 1. The van der Waals surface area contributed by atoms with Gasteiger partial charge in [-0.05, 0) is 40.5 Å². The summed E-state index contributed by atoms with van der Waals surface area (Å²) in [5, 5.41) is 14.6. The largest absolute Gasteiger partial charge is 0.392 e. The van der Waals surface area contributed by atoms with E-state index in [9.17, 15) is 9.90 Å². The zero-order valence-corrected chi connectivity index (χ0v) is 15.2. The molecule has 1 N–H and O–H groups in total. The van der Waals surface area contributed by atoms with E-state index in [1.807, 2.05) is 22.7 Å². The topological polar surface area (TPSA) is 67.6 Å². The first-order valence-corrected chi connectivity index (χ1v) is 8.92. The highest BCUT2D eigenvalue weighted by Crippen LogP contribution is 2.51. The third-order valence-electron chi connectivity index (χ3n) is 5.61. The van der Waals surface area contributed by atoms with E-state index >= 15 is 0 Å². The molecule has 1 amide bonds. The number of ether oxygens (including phenoxy) is 1. The maximum absolute atomic E-state index is 12.7. The van der Waals surface area contributed by atoms with Gasteiger partial charge in [-0.2, -0.15) is 5.10 Å². The smallest absolute Gasteiger partial charge is 0.257 e. The lowest BCUT2D eigenvalue weighted by atomic mass is 9.58. The van der Waals surface area contributed by atoms with Crippen molar-refractivity contribution in [3.63, 3.8) is 0 Å². The molecule has 2 atom stereocenters. The first kappa shape index (κ1) is 17.4. The Morgan fingerprint density at radius 3 is 2.58 bits per heavy atom. The van der Waals surface area contributed by atoms with Crippen LogP contribution in [0.2, 0.25) is 0 Å². The van der Waals surface area contributed by atoms with Crippen LogP contribution in [0.1, 0.15) is 57.3 Å². The Morgan fingerprint density at radius 2 is 2.08 bits per heavy atom. The number of hydrogen-bond acceptors (Lipinski definition) is 4. The number of piperidine rings is 1. The highest BCUT2D eigenvalue weighted by molar-refractivity contribution is 5.93. The van der Waals surface area contributed by atoms with Crippen LogP contribution in [0.25, 0.3) is 0 Å². The summed E-state index contributed by atoms with van der Waals surface area (Å²) in [4.78, 5) is 14.6. The quantitative estimate of drug-likeness (QED) is 0.918. The van der Waals surface area contributed by atoms with Crippen LogP contribution in [-0.2, 0) is 10.3 Å². The molecule has 0 bridgehead atoms. The molecular weight excluding hydrogens is 306 g/mol. The van der Waals surface area contributed by atoms with E-state index in [-0.39, 0.29) is 29.1 Å². The number of nitrogens with zero attached hydrogens (tertiary/aromatic N) is 3. The van der Waals surface area contributed by atoms with Crippen LogP contribution in [0.15, 0.2) is 12.4 Å². The molecule has 0 unspecified atom stereocenters. The first-order chi connectivity index (χ1) is 11.3. The van der Waals surface area contributed by atoms with Crippen LogP contribution >= 0.6 is 0 Å². The molecule has 1 aliphatic carbocycles. The molecule has 6 nitrogen and oxygen atoms in total. The van der Waals surface area contributed by atoms with Crippen molar-refractivity contribution in [2.75, 3.05) is 19.7 Å². The van der Waals surface area contributed by atoms with E-state index in [0.29, 0.717) is 25.3 Å². The Balaban J connectivity index is 1.64. The Hall–Kier alpha value is -1.40. The van der Waals surface area contributed by atoms with Crippen molar-refractivity contribution in [3.05, 3.63) is 18.0 Å². The zero-order valence-electron chi connectivity index (χ0n) is 15.2. The molecule has 2 heterocycles. The average molecular weight is 335 g/mol. The second-order valence-corrected chi connectivity index (χ2v) is 8.07. The first-order valence-electron chi connectivity index (χ1n) is 8.92. The molecule has 24 heavy (non-hydrogen) atoms. The number of amides is 1. The van der Waals surface area contributed by atoms with E-state index in [2.05, 4.69) is 25.9 Å². The Kier molecular flexibility index (Phi) is 4.47. The molecule has 1 spiro atoms. The van der Waals surface area contributed by atoms with Crippen LogP contribution in [-0.4, -0.2) is 57.6 Å². The molecule has 134 valence electrons. The zero-order chi connectivity index (χ0) is 17.5. The minimum atomic E-state index is -0.296. The maximum atomic E-state index is 12.7. The van der Waals surface area contributed by atoms with Crippen LogP contribution in [0.4, 0.5) is 0 Å². The molecule has 0 radical (unpaired) electrons. The lowest BCUT2D eigenvalue weighted by Gasteiger charge is -2.56. The van der Waals surface area contributed by atoms with Crippen LogP contribution in [0.5, 0.6) is 0 Å². The summed E-state index contributed by atoms with van der Waals surface area (Å²) in [5.41, 5.74) is 0.351. The molecule has 3 rings (SSSR count). The summed E-state index contributed by atoms with van der Waals surface area (Å²) in [5.74, 6) is 0.0297.